The first kappa shape index (κ1) is 15.6. The fourth-order valence-electron chi connectivity index (χ4n) is 5.87. The molecular weight excluding hydrogens is 304 g/mol. The number of hydrogen-bond acceptors (Lipinski definition) is 3. The summed E-state index contributed by atoms with van der Waals surface area (Å²) in [5.41, 5.74) is 1.84. The largest absolute Gasteiger partial charge is 0.346 e. The second kappa shape index (κ2) is 5.58. The van der Waals surface area contributed by atoms with Crippen LogP contribution in [0.1, 0.15) is 61.0 Å². The van der Waals surface area contributed by atoms with E-state index in [2.05, 4.69) is 6.92 Å². The van der Waals surface area contributed by atoms with Gasteiger partial charge in [-0.15, -0.1) is 11.3 Å². The van der Waals surface area contributed by atoms with Crippen molar-refractivity contribution in [3.8, 4) is 0 Å². The van der Waals surface area contributed by atoms with Crippen molar-refractivity contribution in [2.45, 2.75) is 64.2 Å². The van der Waals surface area contributed by atoms with Gasteiger partial charge in [0.15, 0.2) is 0 Å². The number of amides is 1. The van der Waals surface area contributed by atoms with Crippen LogP contribution in [-0.4, -0.2) is 29.4 Å². The zero-order valence-electron chi connectivity index (χ0n) is 14.6. The van der Waals surface area contributed by atoms with E-state index in [0.717, 1.165) is 30.7 Å². The van der Waals surface area contributed by atoms with E-state index in [9.17, 15) is 4.79 Å². The van der Waals surface area contributed by atoms with Gasteiger partial charge >= 0.3 is 0 Å². The fourth-order valence-corrected chi connectivity index (χ4v) is 6.91. The van der Waals surface area contributed by atoms with Gasteiger partial charge in [-0.25, -0.2) is 4.98 Å². The maximum Gasteiger partial charge on any atom is 0.219 e. The molecule has 126 valence electrons. The average molecular weight is 333 g/mol. The molecule has 4 heteroatoms. The van der Waals surface area contributed by atoms with E-state index in [1.165, 1.54) is 54.1 Å². The van der Waals surface area contributed by atoms with Crippen molar-refractivity contribution >= 4 is 17.2 Å². The summed E-state index contributed by atoms with van der Waals surface area (Å²) >= 11 is 1.87. The quantitative estimate of drug-likeness (QED) is 0.837. The topological polar surface area (TPSA) is 33.2 Å². The summed E-state index contributed by atoms with van der Waals surface area (Å²) < 4.78 is 0. The van der Waals surface area contributed by atoms with E-state index in [0.29, 0.717) is 5.41 Å². The van der Waals surface area contributed by atoms with Gasteiger partial charge in [0.05, 0.1) is 10.7 Å². The lowest BCUT2D eigenvalue weighted by molar-refractivity contribution is -0.127. The van der Waals surface area contributed by atoms with Crippen LogP contribution in [0, 0.1) is 24.7 Å². The van der Waals surface area contributed by atoms with Crippen LogP contribution in [0.3, 0.4) is 0 Å². The molecule has 4 saturated carbocycles. The lowest BCUT2D eigenvalue weighted by atomic mass is 9.48. The van der Waals surface area contributed by atoms with Crippen molar-refractivity contribution in [1.29, 1.82) is 0 Å². The molecule has 1 aromatic heterocycles. The van der Waals surface area contributed by atoms with E-state index in [1.54, 1.807) is 11.8 Å². The molecule has 1 heterocycles. The van der Waals surface area contributed by atoms with Crippen LogP contribution in [0.25, 0.3) is 0 Å². The van der Waals surface area contributed by atoms with Gasteiger partial charge in [0.1, 0.15) is 0 Å². The first-order chi connectivity index (χ1) is 10.9. The molecule has 4 fully saturated rings. The van der Waals surface area contributed by atoms with Gasteiger partial charge in [-0.3, -0.25) is 4.79 Å². The Morgan fingerprint density at radius 1 is 1.22 bits per heavy atom. The molecule has 0 spiro atoms. The number of carbonyl (C=O) groups is 1. The second-order valence-corrected chi connectivity index (χ2v) is 9.69. The summed E-state index contributed by atoms with van der Waals surface area (Å²) in [7, 11) is 1.88. The molecule has 1 aromatic rings. The molecule has 3 nitrogen and oxygen atoms in total. The van der Waals surface area contributed by atoms with Crippen molar-refractivity contribution in [1.82, 2.24) is 9.88 Å². The number of hydrogen-bond donors (Lipinski definition) is 0. The predicted molar refractivity (Wildman–Crippen MR) is 93.7 cm³/mol. The SMILES string of the molecule is CC(=O)N(C)CCc1nc(C23CC4CC(CC(C4)C2)C3)c(C)s1. The lowest BCUT2D eigenvalue weighted by Gasteiger charge is -2.56. The van der Waals surface area contributed by atoms with E-state index < -0.39 is 0 Å². The fraction of sp³-hybridized carbons (Fsp3) is 0.789. The van der Waals surface area contributed by atoms with Gasteiger partial charge in [0, 0.05) is 37.2 Å². The molecule has 0 aliphatic heterocycles. The van der Waals surface area contributed by atoms with E-state index in [4.69, 9.17) is 4.98 Å². The molecule has 23 heavy (non-hydrogen) atoms. The van der Waals surface area contributed by atoms with Gasteiger partial charge in [-0.1, -0.05) is 0 Å². The van der Waals surface area contributed by atoms with Gasteiger partial charge < -0.3 is 4.90 Å². The van der Waals surface area contributed by atoms with E-state index in [1.807, 2.05) is 18.4 Å². The molecule has 1 amide bonds. The normalized spacial score (nSPS) is 34.8. The van der Waals surface area contributed by atoms with Crippen LogP contribution < -0.4 is 0 Å². The highest BCUT2D eigenvalue weighted by Gasteiger charge is 2.53. The maximum atomic E-state index is 11.4. The molecule has 0 atom stereocenters. The highest BCUT2D eigenvalue weighted by molar-refractivity contribution is 7.11. The summed E-state index contributed by atoms with van der Waals surface area (Å²) in [6.07, 6.45) is 9.51. The Morgan fingerprint density at radius 2 is 1.78 bits per heavy atom. The predicted octanol–water partition coefficient (Wildman–Crippen LogP) is 3.94. The van der Waals surface area contributed by atoms with Crippen LogP contribution in [0.2, 0.25) is 0 Å². The Morgan fingerprint density at radius 3 is 2.30 bits per heavy atom. The van der Waals surface area contributed by atoms with Gasteiger partial charge in [-0.05, 0) is 63.2 Å². The number of aryl methyl sites for hydroxylation is 1. The third-order valence-electron chi connectivity index (χ3n) is 6.58. The smallest absolute Gasteiger partial charge is 0.219 e. The van der Waals surface area contributed by atoms with Crippen molar-refractivity contribution < 1.29 is 4.79 Å². The minimum absolute atomic E-state index is 0.139. The van der Waals surface area contributed by atoms with Crippen LogP contribution >= 0.6 is 11.3 Å². The van der Waals surface area contributed by atoms with Crippen molar-refractivity contribution in [3.63, 3.8) is 0 Å². The van der Waals surface area contributed by atoms with Gasteiger partial charge in [0.25, 0.3) is 0 Å². The monoisotopic (exact) mass is 332 g/mol. The summed E-state index contributed by atoms with van der Waals surface area (Å²) in [6, 6.07) is 0. The number of carbonyl (C=O) groups excluding carboxylic acids is 1. The number of thiazole rings is 1. The van der Waals surface area contributed by atoms with E-state index in [-0.39, 0.29) is 5.91 Å². The average Bonchev–Trinajstić information content (AvgIpc) is 2.85. The number of nitrogens with zero attached hydrogens (tertiary/aromatic N) is 2. The van der Waals surface area contributed by atoms with Crippen LogP contribution in [0.4, 0.5) is 0 Å². The minimum Gasteiger partial charge on any atom is -0.346 e. The molecule has 0 aromatic carbocycles. The Balaban J connectivity index is 1.54. The standard InChI is InChI=1S/C19H28N2OS/c1-12-18(20-17(23-12)4-5-21(3)13(2)22)19-9-14-6-15(10-19)8-16(7-14)11-19/h14-16H,4-11H2,1-3H3. The Labute approximate surface area is 143 Å². The molecule has 4 bridgehead atoms. The number of aromatic nitrogens is 1. The molecule has 0 saturated heterocycles. The Hall–Kier alpha value is -0.900. The molecule has 0 radical (unpaired) electrons. The van der Waals surface area contributed by atoms with Crippen molar-refractivity contribution in [2.75, 3.05) is 13.6 Å². The van der Waals surface area contributed by atoms with Crippen LogP contribution in [-0.2, 0) is 16.6 Å². The summed E-state index contributed by atoms with van der Waals surface area (Å²) in [4.78, 5) is 19.7. The maximum absolute atomic E-state index is 11.4. The zero-order chi connectivity index (χ0) is 16.2. The molecule has 5 rings (SSSR count). The summed E-state index contributed by atoms with van der Waals surface area (Å²) in [6.45, 7) is 4.68. The Bertz CT molecular complexity index is 586. The molecule has 0 unspecified atom stereocenters. The highest BCUT2D eigenvalue weighted by Crippen LogP contribution is 2.61. The minimum atomic E-state index is 0.139. The molecular formula is C19H28N2OS. The van der Waals surface area contributed by atoms with Gasteiger partial charge in [0.2, 0.25) is 5.91 Å². The first-order valence-electron chi connectivity index (χ1n) is 9.14. The number of likely N-dealkylation sites (N-methyl/N-ethyl adjacent to an activating group) is 1. The summed E-state index contributed by atoms with van der Waals surface area (Å²) in [5.74, 6) is 3.04. The second-order valence-electron chi connectivity index (χ2n) is 8.40. The number of rotatable bonds is 4. The van der Waals surface area contributed by atoms with Crippen molar-refractivity contribution in [3.05, 3.63) is 15.6 Å². The third kappa shape index (κ3) is 2.73. The summed E-state index contributed by atoms with van der Waals surface area (Å²) in [5, 5.41) is 1.22. The molecule has 4 aliphatic carbocycles. The van der Waals surface area contributed by atoms with Crippen LogP contribution in [0.15, 0.2) is 0 Å². The van der Waals surface area contributed by atoms with Gasteiger partial charge in [-0.2, -0.15) is 0 Å². The Kier molecular flexibility index (Phi) is 3.79. The van der Waals surface area contributed by atoms with E-state index >= 15 is 0 Å². The molecule has 4 aliphatic rings. The highest BCUT2D eigenvalue weighted by atomic mass is 32.1. The third-order valence-corrected chi connectivity index (χ3v) is 7.61. The zero-order valence-corrected chi connectivity index (χ0v) is 15.4. The van der Waals surface area contributed by atoms with Crippen molar-refractivity contribution in [2.24, 2.45) is 17.8 Å². The molecule has 0 N–H and O–H groups in total. The lowest BCUT2D eigenvalue weighted by Crippen LogP contribution is -2.49. The first-order valence-corrected chi connectivity index (χ1v) is 9.95. The van der Waals surface area contributed by atoms with Crippen LogP contribution in [0.5, 0.6) is 0 Å².